The van der Waals surface area contributed by atoms with Crippen molar-refractivity contribution in [2.75, 3.05) is 6.61 Å². The van der Waals surface area contributed by atoms with E-state index in [0.717, 1.165) is 6.20 Å². The number of hydrogen-bond donors (Lipinski definition) is 0. The van der Waals surface area contributed by atoms with Crippen LogP contribution in [0, 0.1) is 11.2 Å². The lowest BCUT2D eigenvalue weighted by molar-refractivity contribution is -0.000270. The van der Waals surface area contributed by atoms with Gasteiger partial charge in [-0.25, -0.2) is 4.39 Å². The van der Waals surface area contributed by atoms with Crippen molar-refractivity contribution in [3.05, 3.63) is 29.8 Å². The molecule has 1 aromatic heterocycles. The Kier molecular flexibility index (Phi) is 4.34. The lowest BCUT2D eigenvalue weighted by Crippen LogP contribution is -2.37. The number of rotatable bonds is 4. The summed E-state index contributed by atoms with van der Waals surface area (Å²) >= 11 is 0. The maximum Gasteiger partial charge on any atom is 0.193 e. The van der Waals surface area contributed by atoms with Gasteiger partial charge in [-0.05, 0) is 18.4 Å². The Hall–Kier alpha value is -1.29. The van der Waals surface area contributed by atoms with Crippen LogP contribution in [0.5, 0.6) is 0 Å². The summed E-state index contributed by atoms with van der Waals surface area (Å²) in [6, 6.07) is 1.19. The van der Waals surface area contributed by atoms with Gasteiger partial charge < -0.3 is 4.74 Å². The topological polar surface area (TPSA) is 39.2 Å². The molecule has 0 radical (unpaired) electrons. The molecular formula is C13H18FNO2. The molecule has 17 heavy (non-hydrogen) atoms. The molecule has 0 amide bonds. The molecule has 0 saturated heterocycles. The molecule has 4 heteroatoms. The molecule has 0 aliphatic heterocycles. The first kappa shape index (κ1) is 13.8. The largest absolute Gasteiger partial charge is 0.370 e. The third-order valence-electron chi connectivity index (χ3n) is 2.35. The first-order valence-electron chi connectivity index (χ1n) is 5.62. The Bertz CT molecular complexity index is 399. The molecule has 1 rings (SSSR count). The summed E-state index contributed by atoms with van der Waals surface area (Å²) < 4.78 is 18.5. The molecule has 0 aromatic carbocycles. The van der Waals surface area contributed by atoms with E-state index in [0.29, 0.717) is 6.61 Å². The zero-order chi connectivity index (χ0) is 13.1. The Balaban J connectivity index is 3.00. The van der Waals surface area contributed by atoms with Crippen molar-refractivity contribution in [1.82, 2.24) is 4.98 Å². The highest BCUT2D eigenvalue weighted by atomic mass is 19.1. The molecule has 1 heterocycles. The maximum atomic E-state index is 13.0. The second-order valence-electron chi connectivity index (χ2n) is 4.96. The normalized spacial score (nSPS) is 13.5. The molecule has 0 saturated carbocycles. The van der Waals surface area contributed by atoms with Crippen LogP contribution in [-0.2, 0) is 4.74 Å². The Morgan fingerprint density at radius 1 is 1.47 bits per heavy atom. The Labute approximate surface area is 101 Å². The Morgan fingerprint density at radius 3 is 2.59 bits per heavy atom. The first-order valence-corrected chi connectivity index (χ1v) is 5.62. The van der Waals surface area contributed by atoms with Crippen LogP contribution in [0.4, 0.5) is 4.39 Å². The molecule has 0 aliphatic rings. The fourth-order valence-electron chi connectivity index (χ4n) is 1.58. The van der Waals surface area contributed by atoms with Crippen molar-refractivity contribution in [1.29, 1.82) is 0 Å². The highest BCUT2D eigenvalue weighted by Crippen LogP contribution is 2.25. The summed E-state index contributed by atoms with van der Waals surface area (Å²) in [5.41, 5.74) is -0.0854. The molecule has 1 unspecified atom stereocenters. The van der Waals surface area contributed by atoms with Crippen LogP contribution in [-0.4, -0.2) is 23.5 Å². The molecule has 0 fully saturated rings. The highest BCUT2D eigenvalue weighted by Gasteiger charge is 2.32. The van der Waals surface area contributed by atoms with Crippen LogP contribution in [0.25, 0.3) is 0 Å². The SMILES string of the molecule is CCOC(C(=O)c1cncc(F)c1)C(C)(C)C. The number of pyridine rings is 1. The van der Waals surface area contributed by atoms with E-state index in [4.69, 9.17) is 4.74 Å². The number of nitrogens with zero attached hydrogens (tertiary/aromatic N) is 1. The van der Waals surface area contributed by atoms with Gasteiger partial charge in [-0.3, -0.25) is 9.78 Å². The van der Waals surface area contributed by atoms with E-state index in [-0.39, 0.29) is 16.8 Å². The first-order chi connectivity index (χ1) is 7.86. The predicted molar refractivity (Wildman–Crippen MR) is 63.4 cm³/mol. The van der Waals surface area contributed by atoms with Crippen LogP contribution in [0.3, 0.4) is 0 Å². The smallest absolute Gasteiger partial charge is 0.193 e. The molecular weight excluding hydrogens is 221 g/mol. The second kappa shape index (κ2) is 5.36. The van der Waals surface area contributed by atoms with Gasteiger partial charge in [-0.15, -0.1) is 0 Å². The van der Waals surface area contributed by atoms with Gasteiger partial charge >= 0.3 is 0 Å². The maximum absolute atomic E-state index is 13.0. The van der Waals surface area contributed by atoms with Crippen molar-refractivity contribution in [3.63, 3.8) is 0 Å². The summed E-state index contributed by atoms with van der Waals surface area (Å²) in [5.74, 6) is -0.744. The van der Waals surface area contributed by atoms with E-state index in [1.165, 1.54) is 12.3 Å². The fourth-order valence-corrected chi connectivity index (χ4v) is 1.58. The Morgan fingerprint density at radius 2 is 2.12 bits per heavy atom. The number of carbonyl (C=O) groups is 1. The lowest BCUT2D eigenvalue weighted by Gasteiger charge is -2.29. The monoisotopic (exact) mass is 239 g/mol. The molecule has 0 spiro atoms. The third kappa shape index (κ3) is 3.60. The fraction of sp³-hybridized carbons (Fsp3) is 0.538. The van der Waals surface area contributed by atoms with E-state index < -0.39 is 11.9 Å². The molecule has 0 bridgehead atoms. The molecule has 3 nitrogen and oxygen atoms in total. The number of ether oxygens (including phenoxy) is 1. The second-order valence-corrected chi connectivity index (χ2v) is 4.96. The van der Waals surface area contributed by atoms with E-state index in [2.05, 4.69) is 4.98 Å². The van der Waals surface area contributed by atoms with Gasteiger partial charge in [-0.1, -0.05) is 20.8 Å². The molecule has 0 N–H and O–H groups in total. The molecule has 1 aromatic rings. The van der Waals surface area contributed by atoms with Gasteiger partial charge in [0.1, 0.15) is 11.9 Å². The standard InChI is InChI=1S/C13H18FNO2/c1-5-17-12(13(2,3)4)11(16)9-6-10(14)8-15-7-9/h6-8,12H,5H2,1-4H3. The van der Waals surface area contributed by atoms with Crippen LogP contribution in [0.15, 0.2) is 18.5 Å². The van der Waals surface area contributed by atoms with Crippen molar-refractivity contribution < 1.29 is 13.9 Å². The van der Waals surface area contributed by atoms with Crippen molar-refractivity contribution in [2.45, 2.75) is 33.8 Å². The third-order valence-corrected chi connectivity index (χ3v) is 2.35. The summed E-state index contributed by atoms with van der Waals surface area (Å²) in [7, 11) is 0. The van der Waals surface area contributed by atoms with E-state index in [9.17, 15) is 9.18 Å². The molecule has 94 valence electrons. The van der Waals surface area contributed by atoms with Crippen molar-refractivity contribution >= 4 is 5.78 Å². The number of Topliss-reactive ketones (excluding diaryl/α,β-unsaturated/α-hetero) is 1. The van der Waals surface area contributed by atoms with Gasteiger partial charge in [0.25, 0.3) is 0 Å². The number of ketones is 1. The van der Waals surface area contributed by atoms with E-state index in [1.807, 2.05) is 27.7 Å². The number of aromatic nitrogens is 1. The van der Waals surface area contributed by atoms with Crippen LogP contribution >= 0.6 is 0 Å². The predicted octanol–water partition coefficient (Wildman–Crippen LogP) is 2.85. The minimum atomic E-state index is -0.587. The number of hydrogen-bond acceptors (Lipinski definition) is 3. The van der Waals surface area contributed by atoms with Gasteiger partial charge in [0, 0.05) is 18.4 Å². The van der Waals surface area contributed by atoms with Crippen molar-refractivity contribution in [2.24, 2.45) is 5.41 Å². The number of halogens is 1. The van der Waals surface area contributed by atoms with Crippen LogP contribution in [0.1, 0.15) is 38.1 Å². The minimum absolute atomic E-state index is 0.230. The van der Waals surface area contributed by atoms with E-state index >= 15 is 0 Å². The van der Waals surface area contributed by atoms with Gasteiger partial charge in [0.2, 0.25) is 0 Å². The van der Waals surface area contributed by atoms with Crippen LogP contribution in [0.2, 0.25) is 0 Å². The number of carbonyl (C=O) groups excluding carboxylic acids is 1. The summed E-state index contributed by atoms with van der Waals surface area (Å²) in [5, 5.41) is 0. The molecule has 1 atom stereocenters. The summed E-state index contributed by atoms with van der Waals surface area (Å²) in [6.45, 7) is 8.01. The van der Waals surface area contributed by atoms with E-state index in [1.54, 1.807) is 0 Å². The highest BCUT2D eigenvalue weighted by molar-refractivity contribution is 5.99. The minimum Gasteiger partial charge on any atom is -0.370 e. The van der Waals surface area contributed by atoms with Crippen molar-refractivity contribution in [3.8, 4) is 0 Å². The average molecular weight is 239 g/mol. The lowest BCUT2D eigenvalue weighted by atomic mass is 9.84. The zero-order valence-corrected chi connectivity index (χ0v) is 10.7. The summed E-state index contributed by atoms with van der Waals surface area (Å²) in [6.07, 6.45) is 1.85. The van der Waals surface area contributed by atoms with Crippen LogP contribution < -0.4 is 0 Å². The van der Waals surface area contributed by atoms with Gasteiger partial charge in [0.15, 0.2) is 5.78 Å². The summed E-state index contributed by atoms with van der Waals surface area (Å²) in [4.78, 5) is 15.9. The van der Waals surface area contributed by atoms with Gasteiger partial charge in [0.05, 0.1) is 6.20 Å². The average Bonchev–Trinajstić information content (AvgIpc) is 2.23. The zero-order valence-electron chi connectivity index (χ0n) is 10.7. The molecule has 0 aliphatic carbocycles. The van der Waals surface area contributed by atoms with Gasteiger partial charge in [-0.2, -0.15) is 0 Å². The quantitative estimate of drug-likeness (QED) is 0.758.